The lowest BCUT2D eigenvalue weighted by Gasteiger charge is -2.23. The summed E-state index contributed by atoms with van der Waals surface area (Å²) >= 11 is 5.98. The number of halogens is 1. The zero-order valence-corrected chi connectivity index (χ0v) is 12.4. The van der Waals surface area contributed by atoms with Crippen LogP contribution in [0.5, 0.6) is 5.75 Å². The molecule has 5 nitrogen and oxygen atoms in total. The number of methoxy groups -OCH3 is 1. The summed E-state index contributed by atoms with van der Waals surface area (Å²) in [5, 5.41) is 3.48. The van der Waals surface area contributed by atoms with E-state index in [4.69, 9.17) is 16.3 Å². The molecule has 2 heterocycles. The summed E-state index contributed by atoms with van der Waals surface area (Å²) in [6.07, 6.45) is 5.13. The van der Waals surface area contributed by atoms with Crippen LogP contribution >= 0.6 is 11.6 Å². The highest BCUT2D eigenvalue weighted by Crippen LogP contribution is 2.29. The molecule has 1 atom stereocenters. The molecular formula is C15H16ClN3O2. The van der Waals surface area contributed by atoms with E-state index in [1.807, 2.05) is 12.5 Å². The minimum absolute atomic E-state index is 0.0111. The van der Waals surface area contributed by atoms with E-state index >= 15 is 0 Å². The van der Waals surface area contributed by atoms with E-state index in [2.05, 4.69) is 14.9 Å². The molecule has 1 unspecified atom stereocenters. The molecule has 3 rings (SSSR count). The molecule has 1 aromatic heterocycles. The molecule has 0 bridgehead atoms. The maximum Gasteiger partial charge on any atom is 0.228 e. The van der Waals surface area contributed by atoms with Crippen molar-refractivity contribution in [3.05, 3.63) is 41.4 Å². The van der Waals surface area contributed by atoms with Crippen molar-refractivity contribution in [2.45, 2.75) is 19.4 Å². The number of hydrogen-bond acceptors (Lipinski definition) is 3. The Morgan fingerprint density at radius 1 is 1.52 bits per heavy atom. The van der Waals surface area contributed by atoms with Gasteiger partial charge in [0.25, 0.3) is 0 Å². The number of anilines is 1. The lowest BCUT2D eigenvalue weighted by atomic mass is 9.95. The second-order valence-corrected chi connectivity index (χ2v) is 5.54. The SMILES string of the molecule is COc1ccc(Cl)cc1NC(=O)C1CCn2cncc2C1. The predicted octanol–water partition coefficient (Wildman–Crippen LogP) is 2.75. The number of aryl methyl sites for hydroxylation is 1. The number of aromatic nitrogens is 2. The van der Waals surface area contributed by atoms with Crippen LogP contribution in [0.4, 0.5) is 5.69 Å². The average molecular weight is 306 g/mol. The third-order valence-corrected chi connectivity index (χ3v) is 4.00. The number of benzene rings is 1. The van der Waals surface area contributed by atoms with Crippen molar-refractivity contribution in [2.24, 2.45) is 5.92 Å². The molecule has 0 radical (unpaired) electrons. The van der Waals surface area contributed by atoms with E-state index in [1.165, 1.54) is 0 Å². The van der Waals surface area contributed by atoms with Gasteiger partial charge >= 0.3 is 0 Å². The van der Waals surface area contributed by atoms with E-state index in [-0.39, 0.29) is 11.8 Å². The number of hydrogen-bond donors (Lipinski definition) is 1. The third-order valence-electron chi connectivity index (χ3n) is 3.76. The van der Waals surface area contributed by atoms with Gasteiger partial charge in [0.15, 0.2) is 0 Å². The standard InChI is InChI=1S/C15H16ClN3O2/c1-21-14-3-2-11(16)7-13(14)18-15(20)10-4-5-19-9-17-8-12(19)6-10/h2-3,7-10H,4-6H2,1H3,(H,18,20). The van der Waals surface area contributed by atoms with Crippen LogP contribution in [0.2, 0.25) is 5.02 Å². The number of ether oxygens (including phenoxy) is 1. The van der Waals surface area contributed by atoms with E-state index in [1.54, 1.807) is 25.3 Å². The second-order valence-electron chi connectivity index (χ2n) is 5.10. The summed E-state index contributed by atoms with van der Waals surface area (Å²) in [7, 11) is 1.57. The van der Waals surface area contributed by atoms with Crippen molar-refractivity contribution in [3.8, 4) is 5.75 Å². The third kappa shape index (κ3) is 2.88. The Morgan fingerprint density at radius 2 is 2.38 bits per heavy atom. The molecule has 0 spiro atoms. The summed E-state index contributed by atoms with van der Waals surface area (Å²) in [6.45, 7) is 0.820. The van der Waals surface area contributed by atoms with Crippen LogP contribution in [0.15, 0.2) is 30.7 Å². The molecule has 0 aliphatic carbocycles. The first-order valence-corrected chi connectivity index (χ1v) is 7.18. The molecule has 6 heteroatoms. The van der Waals surface area contributed by atoms with Gasteiger partial charge in [0.2, 0.25) is 5.91 Å². The van der Waals surface area contributed by atoms with E-state index < -0.39 is 0 Å². The minimum atomic E-state index is -0.0575. The van der Waals surface area contributed by atoms with Crippen molar-refractivity contribution in [3.63, 3.8) is 0 Å². The Kier molecular flexibility index (Phi) is 3.84. The summed E-state index contributed by atoms with van der Waals surface area (Å²) in [6, 6.07) is 5.18. The number of nitrogens with zero attached hydrogens (tertiary/aromatic N) is 2. The predicted molar refractivity (Wildman–Crippen MR) is 80.7 cm³/mol. The number of nitrogens with one attached hydrogen (secondary N) is 1. The van der Waals surface area contributed by atoms with E-state index in [0.29, 0.717) is 22.9 Å². The number of carbonyl (C=O) groups excluding carboxylic acids is 1. The first-order valence-electron chi connectivity index (χ1n) is 6.81. The lowest BCUT2D eigenvalue weighted by molar-refractivity contribution is -0.120. The van der Waals surface area contributed by atoms with Gasteiger partial charge in [-0.3, -0.25) is 4.79 Å². The van der Waals surface area contributed by atoms with Gasteiger partial charge in [-0.2, -0.15) is 0 Å². The number of rotatable bonds is 3. The van der Waals surface area contributed by atoms with Crippen LogP contribution in [0.25, 0.3) is 0 Å². The van der Waals surface area contributed by atoms with Crippen LogP contribution < -0.4 is 10.1 Å². The van der Waals surface area contributed by atoms with Gasteiger partial charge in [0.1, 0.15) is 5.75 Å². The van der Waals surface area contributed by atoms with Crippen molar-refractivity contribution in [1.29, 1.82) is 0 Å². The number of imidazole rings is 1. The van der Waals surface area contributed by atoms with Gasteiger partial charge in [-0.15, -0.1) is 0 Å². The first kappa shape index (κ1) is 13.9. The van der Waals surface area contributed by atoms with Crippen LogP contribution in [-0.2, 0) is 17.8 Å². The quantitative estimate of drug-likeness (QED) is 0.948. The maximum absolute atomic E-state index is 12.4. The van der Waals surface area contributed by atoms with Crippen molar-refractivity contribution in [2.75, 3.05) is 12.4 Å². The normalized spacial score (nSPS) is 17.1. The molecule has 1 aliphatic rings. The second kappa shape index (κ2) is 5.77. The lowest BCUT2D eigenvalue weighted by Crippen LogP contribution is -2.30. The summed E-state index contributed by atoms with van der Waals surface area (Å²) in [5.41, 5.74) is 1.70. The Bertz CT molecular complexity index is 669. The van der Waals surface area contributed by atoms with Crippen LogP contribution in [0.3, 0.4) is 0 Å². The molecular weight excluding hydrogens is 290 g/mol. The average Bonchev–Trinajstić information content (AvgIpc) is 2.94. The van der Waals surface area contributed by atoms with E-state index in [0.717, 1.165) is 18.7 Å². The van der Waals surface area contributed by atoms with Gasteiger partial charge in [-0.1, -0.05) is 11.6 Å². The fourth-order valence-electron chi connectivity index (χ4n) is 2.61. The number of fused-ring (bicyclic) bond motifs is 1. The summed E-state index contributed by atoms with van der Waals surface area (Å²) < 4.78 is 7.33. The smallest absolute Gasteiger partial charge is 0.228 e. The largest absolute Gasteiger partial charge is 0.495 e. The van der Waals surface area contributed by atoms with Gasteiger partial charge in [-0.05, 0) is 24.6 Å². The van der Waals surface area contributed by atoms with Crippen LogP contribution in [0, 0.1) is 5.92 Å². The first-order chi connectivity index (χ1) is 10.2. The minimum Gasteiger partial charge on any atom is -0.495 e. The molecule has 0 saturated heterocycles. The molecule has 110 valence electrons. The summed E-state index contributed by atoms with van der Waals surface area (Å²) in [5.74, 6) is 0.537. The Hall–Kier alpha value is -2.01. The Morgan fingerprint density at radius 3 is 3.19 bits per heavy atom. The zero-order chi connectivity index (χ0) is 14.8. The topological polar surface area (TPSA) is 56.1 Å². The van der Waals surface area contributed by atoms with Crippen LogP contribution in [0.1, 0.15) is 12.1 Å². The van der Waals surface area contributed by atoms with Crippen molar-refractivity contribution in [1.82, 2.24) is 9.55 Å². The highest BCUT2D eigenvalue weighted by atomic mass is 35.5. The maximum atomic E-state index is 12.4. The molecule has 1 aromatic carbocycles. The van der Waals surface area contributed by atoms with Crippen LogP contribution in [-0.4, -0.2) is 22.6 Å². The molecule has 0 fully saturated rings. The fourth-order valence-corrected chi connectivity index (χ4v) is 2.78. The number of carbonyl (C=O) groups is 1. The molecule has 1 amide bonds. The summed E-state index contributed by atoms with van der Waals surface area (Å²) in [4.78, 5) is 16.6. The number of amides is 1. The highest BCUT2D eigenvalue weighted by molar-refractivity contribution is 6.31. The monoisotopic (exact) mass is 305 g/mol. The molecule has 1 aliphatic heterocycles. The van der Waals surface area contributed by atoms with E-state index in [9.17, 15) is 4.79 Å². The molecule has 2 aromatic rings. The fraction of sp³-hybridized carbons (Fsp3) is 0.333. The van der Waals surface area contributed by atoms with Crippen molar-refractivity contribution < 1.29 is 9.53 Å². The Balaban J connectivity index is 1.74. The molecule has 21 heavy (non-hydrogen) atoms. The van der Waals surface area contributed by atoms with Crippen molar-refractivity contribution >= 4 is 23.2 Å². The van der Waals surface area contributed by atoms with Gasteiger partial charge in [-0.25, -0.2) is 4.98 Å². The zero-order valence-electron chi connectivity index (χ0n) is 11.7. The Labute approximate surface area is 127 Å². The highest BCUT2D eigenvalue weighted by Gasteiger charge is 2.25. The van der Waals surface area contributed by atoms with Gasteiger partial charge in [0, 0.05) is 35.8 Å². The van der Waals surface area contributed by atoms with Gasteiger partial charge < -0.3 is 14.6 Å². The molecule has 1 N–H and O–H groups in total. The molecule has 0 saturated carbocycles. The van der Waals surface area contributed by atoms with Gasteiger partial charge in [0.05, 0.1) is 19.1 Å².